The summed E-state index contributed by atoms with van der Waals surface area (Å²) in [6.45, 7) is 0.355. The fourth-order valence-electron chi connectivity index (χ4n) is 2.92. The fraction of sp³-hybridized carbons (Fsp3) is 0.0952. The number of carbonyl (C=O) groups is 2. The van der Waals surface area contributed by atoms with Crippen molar-refractivity contribution in [3.05, 3.63) is 83.4 Å². The Balaban J connectivity index is 1.53. The molecule has 0 spiro atoms. The highest BCUT2D eigenvalue weighted by atomic mass is 32.2. The van der Waals surface area contributed by atoms with Crippen LogP contribution >= 0.6 is 11.8 Å². The number of fused-ring (bicyclic) bond motifs is 2. The van der Waals surface area contributed by atoms with E-state index in [9.17, 15) is 14.0 Å². The third-order valence-electron chi connectivity index (χ3n) is 4.34. The zero-order valence-corrected chi connectivity index (χ0v) is 15.6. The average molecular weight is 393 g/mol. The van der Waals surface area contributed by atoms with Gasteiger partial charge in [0.2, 0.25) is 0 Å². The van der Waals surface area contributed by atoms with Gasteiger partial charge in [-0.05, 0) is 42.3 Å². The number of anilines is 1. The first-order chi connectivity index (χ1) is 13.6. The molecule has 1 aromatic heterocycles. The molecule has 2 aromatic carbocycles. The molecule has 0 unspecified atom stereocenters. The lowest BCUT2D eigenvalue weighted by molar-refractivity contribution is 0.0948. The molecule has 5 nitrogen and oxygen atoms in total. The number of nitrogens with one attached hydrogen (secondary N) is 2. The Labute approximate surface area is 165 Å². The lowest BCUT2D eigenvalue weighted by atomic mass is 10.1. The van der Waals surface area contributed by atoms with Gasteiger partial charge in [-0.1, -0.05) is 30.0 Å². The minimum Gasteiger partial charge on any atom is -0.352 e. The summed E-state index contributed by atoms with van der Waals surface area (Å²) in [5.41, 5.74) is 1.82. The number of nitrogens with zero attached hydrogens (tertiary/aromatic N) is 1. The number of halogens is 1. The zero-order chi connectivity index (χ0) is 19.5. The molecule has 2 heterocycles. The molecule has 3 aromatic rings. The molecule has 0 saturated carbocycles. The highest BCUT2D eigenvalue weighted by molar-refractivity contribution is 7.99. The Morgan fingerprint density at radius 2 is 2.00 bits per heavy atom. The molecule has 0 radical (unpaired) electrons. The quantitative estimate of drug-likeness (QED) is 0.705. The van der Waals surface area contributed by atoms with Crippen LogP contribution in [-0.4, -0.2) is 23.3 Å². The van der Waals surface area contributed by atoms with E-state index >= 15 is 0 Å². The van der Waals surface area contributed by atoms with Gasteiger partial charge in [-0.2, -0.15) is 0 Å². The molecule has 1 aliphatic heterocycles. The van der Waals surface area contributed by atoms with Gasteiger partial charge in [-0.3, -0.25) is 14.6 Å². The monoisotopic (exact) mass is 393 g/mol. The number of pyridine rings is 1. The van der Waals surface area contributed by atoms with Crippen LogP contribution in [-0.2, 0) is 6.42 Å². The first-order valence-electron chi connectivity index (χ1n) is 8.71. The Hall–Kier alpha value is -3.19. The third-order valence-corrected chi connectivity index (χ3v) is 5.47. The van der Waals surface area contributed by atoms with Crippen LogP contribution in [0.2, 0.25) is 0 Å². The molecule has 0 saturated heterocycles. The average Bonchev–Trinajstić information content (AvgIpc) is 2.84. The molecule has 0 fully saturated rings. The summed E-state index contributed by atoms with van der Waals surface area (Å²) in [6, 6.07) is 13.5. The largest absolute Gasteiger partial charge is 0.352 e. The molecule has 2 N–H and O–H groups in total. The molecule has 28 heavy (non-hydrogen) atoms. The summed E-state index contributed by atoms with van der Waals surface area (Å²) in [6.07, 6.45) is 3.99. The van der Waals surface area contributed by atoms with Gasteiger partial charge >= 0.3 is 0 Å². The van der Waals surface area contributed by atoms with Crippen molar-refractivity contribution in [2.75, 3.05) is 11.9 Å². The standard InChI is InChI=1S/C21H16FN3O2S/c22-16-11-19-17(25-21(27)14-5-1-2-6-18(14)28-19)10-15(16)20(26)24-9-7-13-4-3-8-23-12-13/h1-6,8,10-12H,7,9H2,(H,24,26)(H,25,27). The van der Waals surface area contributed by atoms with Crippen LogP contribution in [0.15, 0.2) is 70.7 Å². The fourth-order valence-corrected chi connectivity index (χ4v) is 3.96. The second-order valence-electron chi connectivity index (χ2n) is 6.25. The van der Waals surface area contributed by atoms with E-state index in [0.717, 1.165) is 10.5 Å². The van der Waals surface area contributed by atoms with Crippen molar-refractivity contribution in [1.29, 1.82) is 0 Å². The minimum absolute atomic E-state index is 0.100. The molecule has 0 aliphatic carbocycles. The van der Waals surface area contributed by atoms with E-state index in [4.69, 9.17) is 0 Å². The normalized spacial score (nSPS) is 12.4. The molecule has 0 atom stereocenters. The molecule has 140 valence electrons. The van der Waals surface area contributed by atoms with E-state index in [-0.39, 0.29) is 11.5 Å². The van der Waals surface area contributed by atoms with E-state index < -0.39 is 11.7 Å². The van der Waals surface area contributed by atoms with E-state index in [1.807, 2.05) is 24.3 Å². The van der Waals surface area contributed by atoms with Crippen LogP contribution in [0.1, 0.15) is 26.3 Å². The predicted molar refractivity (Wildman–Crippen MR) is 105 cm³/mol. The number of hydrogen-bond donors (Lipinski definition) is 2. The Bertz CT molecular complexity index is 1060. The number of hydrogen-bond acceptors (Lipinski definition) is 4. The summed E-state index contributed by atoms with van der Waals surface area (Å²) < 4.78 is 14.6. The van der Waals surface area contributed by atoms with Crippen molar-refractivity contribution in [2.24, 2.45) is 0 Å². The van der Waals surface area contributed by atoms with Crippen LogP contribution < -0.4 is 10.6 Å². The van der Waals surface area contributed by atoms with E-state index in [1.165, 1.54) is 23.9 Å². The van der Waals surface area contributed by atoms with Crippen molar-refractivity contribution in [2.45, 2.75) is 16.2 Å². The molecule has 1 aliphatic rings. The first-order valence-corrected chi connectivity index (χ1v) is 9.52. The second-order valence-corrected chi connectivity index (χ2v) is 7.33. The molecule has 7 heteroatoms. The van der Waals surface area contributed by atoms with Gasteiger partial charge in [0.15, 0.2) is 0 Å². The SMILES string of the molecule is O=C(NCCc1cccnc1)c1cc2c(cc1F)Sc1ccccc1C(=O)N2. The summed E-state index contributed by atoms with van der Waals surface area (Å²) in [7, 11) is 0. The summed E-state index contributed by atoms with van der Waals surface area (Å²) in [4.78, 5) is 30.2. The highest BCUT2D eigenvalue weighted by Crippen LogP contribution is 2.39. The molecule has 4 rings (SSSR count). The van der Waals surface area contributed by atoms with E-state index in [2.05, 4.69) is 15.6 Å². The lowest BCUT2D eigenvalue weighted by Gasteiger charge is -2.11. The van der Waals surface area contributed by atoms with Crippen molar-refractivity contribution in [3.8, 4) is 0 Å². The van der Waals surface area contributed by atoms with Gasteiger partial charge in [-0.25, -0.2) is 4.39 Å². The van der Waals surface area contributed by atoms with E-state index in [1.54, 1.807) is 24.5 Å². The van der Waals surface area contributed by atoms with Crippen LogP contribution in [0.4, 0.5) is 10.1 Å². The minimum atomic E-state index is -0.626. The lowest BCUT2D eigenvalue weighted by Crippen LogP contribution is -2.27. The second kappa shape index (κ2) is 7.82. The maximum absolute atomic E-state index is 14.6. The van der Waals surface area contributed by atoms with Gasteiger partial charge in [-0.15, -0.1) is 0 Å². The highest BCUT2D eigenvalue weighted by Gasteiger charge is 2.23. The molecule has 2 amide bonds. The van der Waals surface area contributed by atoms with Crippen molar-refractivity contribution in [1.82, 2.24) is 10.3 Å². The zero-order valence-electron chi connectivity index (χ0n) is 14.7. The third kappa shape index (κ3) is 3.75. The van der Waals surface area contributed by atoms with Crippen molar-refractivity contribution >= 4 is 29.3 Å². The molecular formula is C21H16FN3O2S. The van der Waals surface area contributed by atoms with Crippen LogP contribution in [0.25, 0.3) is 0 Å². The molecular weight excluding hydrogens is 377 g/mol. The molecule has 0 bridgehead atoms. The number of aromatic nitrogens is 1. The summed E-state index contributed by atoms with van der Waals surface area (Å²) in [5.74, 6) is -1.43. The Kier molecular flexibility index (Phi) is 5.08. The number of carbonyl (C=O) groups excluding carboxylic acids is 2. The predicted octanol–water partition coefficient (Wildman–Crippen LogP) is 3.91. The van der Waals surface area contributed by atoms with E-state index in [0.29, 0.717) is 29.1 Å². The Morgan fingerprint density at radius 3 is 2.82 bits per heavy atom. The van der Waals surface area contributed by atoms with Crippen LogP contribution in [0.5, 0.6) is 0 Å². The summed E-state index contributed by atoms with van der Waals surface area (Å²) >= 11 is 1.29. The van der Waals surface area contributed by atoms with Gasteiger partial charge in [0.05, 0.1) is 16.8 Å². The van der Waals surface area contributed by atoms with Gasteiger partial charge in [0.25, 0.3) is 11.8 Å². The summed E-state index contributed by atoms with van der Waals surface area (Å²) in [5, 5.41) is 5.48. The van der Waals surface area contributed by atoms with Crippen LogP contribution in [0, 0.1) is 5.82 Å². The Morgan fingerprint density at radius 1 is 1.14 bits per heavy atom. The van der Waals surface area contributed by atoms with Crippen LogP contribution in [0.3, 0.4) is 0 Å². The van der Waals surface area contributed by atoms with Gasteiger partial charge in [0, 0.05) is 28.7 Å². The van der Waals surface area contributed by atoms with Gasteiger partial charge < -0.3 is 10.6 Å². The topological polar surface area (TPSA) is 71.1 Å². The maximum Gasteiger partial charge on any atom is 0.256 e. The van der Waals surface area contributed by atoms with Crippen molar-refractivity contribution < 1.29 is 14.0 Å². The maximum atomic E-state index is 14.6. The number of benzene rings is 2. The number of rotatable bonds is 4. The number of amides is 2. The van der Waals surface area contributed by atoms with Gasteiger partial charge in [0.1, 0.15) is 5.82 Å². The van der Waals surface area contributed by atoms with Crippen molar-refractivity contribution in [3.63, 3.8) is 0 Å². The smallest absolute Gasteiger partial charge is 0.256 e. The first kappa shape index (κ1) is 18.2.